The first-order chi connectivity index (χ1) is 5.73. The van der Waals surface area contributed by atoms with E-state index in [-0.39, 0.29) is 0 Å². The van der Waals surface area contributed by atoms with Gasteiger partial charge in [-0.3, -0.25) is 4.90 Å². The molecule has 70 valence electrons. The Morgan fingerprint density at radius 2 is 2.08 bits per heavy atom. The zero-order valence-electron chi connectivity index (χ0n) is 8.05. The van der Waals surface area contributed by atoms with Gasteiger partial charge in [-0.05, 0) is 33.5 Å². The highest BCUT2D eigenvalue weighted by Crippen LogP contribution is 2.40. The zero-order valence-corrected chi connectivity index (χ0v) is 8.86. The van der Waals surface area contributed by atoms with E-state index in [0.717, 1.165) is 0 Å². The Kier molecular flexibility index (Phi) is 2.36. The van der Waals surface area contributed by atoms with Crippen LogP contribution >= 0.6 is 11.8 Å². The highest BCUT2D eigenvalue weighted by Gasteiger charge is 2.41. The Balaban J connectivity index is 2.08. The summed E-state index contributed by atoms with van der Waals surface area (Å²) >= 11 is 2.16. The summed E-state index contributed by atoms with van der Waals surface area (Å²) in [6.07, 6.45) is 2.76. The average molecular weight is 186 g/mol. The van der Waals surface area contributed by atoms with Crippen molar-refractivity contribution in [3.8, 4) is 0 Å². The van der Waals surface area contributed by atoms with Gasteiger partial charge in [-0.1, -0.05) is 0 Å². The molecule has 0 amide bonds. The quantitative estimate of drug-likeness (QED) is 0.559. The van der Waals surface area contributed by atoms with Gasteiger partial charge in [-0.15, -0.1) is 11.8 Å². The van der Waals surface area contributed by atoms with E-state index >= 15 is 0 Å². The molecule has 0 aromatic carbocycles. The highest BCUT2D eigenvalue weighted by atomic mass is 32.2. The van der Waals surface area contributed by atoms with E-state index in [4.69, 9.17) is 0 Å². The van der Waals surface area contributed by atoms with Crippen LogP contribution in [0.4, 0.5) is 0 Å². The predicted octanol–water partition coefficient (Wildman–Crippen LogP) is 1.09. The topological polar surface area (TPSA) is 6.48 Å². The molecule has 2 aliphatic heterocycles. The first kappa shape index (κ1) is 8.85. The number of rotatable bonds is 0. The third-order valence-corrected chi connectivity index (χ3v) is 4.69. The lowest BCUT2D eigenvalue weighted by atomic mass is 10.0. The summed E-state index contributed by atoms with van der Waals surface area (Å²) in [4.78, 5) is 5.50. The van der Waals surface area contributed by atoms with Crippen LogP contribution in [0.3, 0.4) is 0 Å². The zero-order chi connectivity index (χ0) is 8.60. The van der Waals surface area contributed by atoms with Gasteiger partial charge in [-0.25, -0.2) is 0 Å². The SMILES string of the molecule is CN1CCCC2(C1)SCCN2C. The first-order valence-electron chi connectivity index (χ1n) is 4.77. The molecular weight excluding hydrogens is 168 g/mol. The standard InChI is InChI=1S/C9H18N2S/c1-10-5-3-4-9(8-10)11(2)6-7-12-9/h3-8H2,1-2H3. The summed E-state index contributed by atoms with van der Waals surface area (Å²) < 4.78 is 0. The molecule has 2 fully saturated rings. The summed E-state index contributed by atoms with van der Waals surface area (Å²) in [5.74, 6) is 1.32. The molecule has 2 rings (SSSR count). The molecule has 0 bridgehead atoms. The lowest BCUT2D eigenvalue weighted by Gasteiger charge is -2.42. The average Bonchev–Trinajstić information content (AvgIpc) is 2.33. The van der Waals surface area contributed by atoms with Crippen molar-refractivity contribution in [2.45, 2.75) is 17.7 Å². The van der Waals surface area contributed by atoms with Crippen LogP contribution in [0.1, 0.15) is 12.8 Å². The Bertz CT molecular complexity index is 174. The van der Waals surface area contributed by atoms with Crippen molar-refractivity contribution in [1.29, 1.82) is 0 Å². The maximum atomic E-state index is 2.55. The van der Waals surface area contributed by atoms with Gasteiger partial charge in [0.15, 0.2) is 0 Å². The van der Waals surface area contributed by atoms with E-state index in [1.807, 2.05) is 0 Å². The van der Waals surface area contributed by atoms with Gasteiger partial charge in [0.05, 0.1) is 4.87 Å². The summed E-state index contributed by atoms with van der Waals surface area (Å²) in [6, 6.07) is 0. The third-order valence-electron chi connectivity index (χ3n) is 3.12. The highest BCUT2D eigenvalue weighted by molar-refractivity contribution is 8.00. The minimum Gasteiger partial charge on any atom is -0.304 e. The molecule has 1 spiro atoms. The fraction of sp³-hybridized carbons (Fsp3) is 1.00. The summed E-state index contributed by atoms with van der Waals surface area (Å²) in [7, 11) is 4.52. The Morgan fingerprint density at radius 3 is 2.67 bits per heavy atom. The van der Waals surface area contributed by atoms with Crippen molar-refractivity contribution in [1.82, 2.24) is 9.80 Å². The number of likely N-dealkylation sites (tertiary alicyclic amines) is 1. The van der Waals surface area contributed by atoms with E-state index in [2.05, 4.69) is 35.7 Å². The van der Waals surface area contributed by atoms with Gasteiger partial charge in [-0.2, -0.15) is 0 Å². The summed E-state index contributed by atoms with van der Waals surface area (Å²) in [5, 5.41) is 0. The molecule has 1 unspecified atom stereocenters. The number of hydrogen-bond acceptors (Lipinski definition) is 3. The number of nitrogens with zero attached hydrogens (tertiary/aromatic N) is 2. The van der Waals surface area contributed by atoms with Crippen molar-refractivity contribution in [2.75, 3.05) is 39.5 Å². The van der Waals surface area contributed by atoms with Gasteiger partial charge >= 0.3 is 0 Å². The molecule has 1 atom stereocenters. The van der Waals surface area contributed by atoms with Gasteiger partial charge in [0, 0.05) is 18.8 Å². The largest absolute Gasteiger partial charge is 0.304 e. The molecule has 0 saturated carbocycles. The predicted molar refractivity (Wildman–Crippen MR) is 54.6 cm³/mol. The van der Waals surface area contributed by atoms with Crippen molar-refractivity contribution in [3.05, 3.63) is 0 Å². The smallest absolute Gasteiger partial charge is 0.0797 e. The maximum absolute atomic E-state index is 2.55. The van der Waals surface area contributed by atoms with Crippen molar-refractivity contribution in [2.24, 2.45) is 0 Å². The van der Waals surface area contributed by atoms with E-state index in [0.29, 0.717) is 4.87 Å². The third kappa shape index (κ3) is 1.38. The van der Waals surface area contributed by atoms with Crippen molar-refractivity contribution >= 4 is 11.8 Å². The molecule has 0 aliphatic carbocycles. The monoisotopic (exact) mass is 186 g/mol. The lowest BCUT2D eigenvalue weighted by molar-refractivity contribution is 0.124. The minimum absolute atomic E-state index is 0.479. The number of piperidine rings is 1. The van der Waals surface area contributed by atoms with E-state index in [1.165, 1.54) is 38.2 Å². The van der Waals surface area contributed by atoms with Crippen molar-refractivity contribution < 1.29 is 0 Å². The second kappa shape index (κ2) is 3.20. The Hall–Kier alpha value is 0.270. The minimum atomic E-state index is 0.479. The second-order valence-electron chi connectivity index (χ2n) is 4.06. The van der Waals surface area contributed by atoms with Crippen LogP contribution in [0, 0.1) is 0 Å². The number of likely N-dealkylation sites (N-methyl/N-ethyl adjacent to an activating group) is 2. The van der Waals surface area contributed by atoms with Crippen LogP contribution in [0.15, 0.2) is 0 Å². The number of hydrogen-bond donors (Lipinski definition) is 0. The molecule has 3 heteroatoms. The molecule has 0 aromatic heterocycles. The Labute approximate surface area is 79.3 Å². The van der Waals surface area contributed by atoms with Crippen LogP contribution < -0.4 is 0 Å². The van der Waals surface area contributed by atoms with Crippen molar-refractivity contribution in [3.63, 3.8) is 0 Å². The molecular formula is C9H18N2S. The fourth-order valence-electron chi connectivity index (χ4n) is 2.32. The molecule has 2 saturated heterocycles. The maximum Gasteiger partial charge on any atom is 0.0797 e. The lowest BCUT2D eigenvalue weighted by Crippen LogP contribution is -2.51. The first-order valence-corrected chi connectivity index (χ1v) is 5.75. The molecule has 0 N–H and O–H groups in total. The van der Waals surface area contributed by atoms with Crippen LogP contribution in [0.5, 0.6) is 0 Å². The van der Waals surface area contributed by atoms with E-state index in [9.17, 15) is 0 Å². The van der Waals surface area contributed by atoms with Gasteiger partial charge in [0.2, 0.25) is 0 Å². The Morgan fingerprint density at radius 1 is 1.25 bits per heavy atom. The fourth-order valence-corrected chi connectivity index (χ4v) is 3.98. The molecule has 2 heterocycles. The van der Waals surface area contributed by atoms with Crippen LogP contribution in [-0.4, -0.2) is 54.2 Å². The van der Waals surface area contributed by atoms with Gasteiger partial charge in [0.1, 0.15) is 0 Å². The van der Waals surface area contributed by atoms with Crippen LogP contribution in [-0.2, 0) is 0 Å². The van der Waals surface area contributed by atoms with Crippen LogP contribution in [0.2, 0.25) is 0 Å². The second-order valence-corrected chi connectivity index (χ2v) is 5.51. The normalized spacial score (nSPS) is 39.5. The van der Waals surface area contributed by atoms with Gasteiger partial charge < -0.3 is 4.90 Å². The number of thioether (sulfide) groups is 1. The molecule has 0 aromatic rings. The van der Waals surface area contributed by atoms with E-state index in [1.54, 1.807) is 0 Å². The summed E-state index contributed by atoms with van der Waals surface area (Å²) in [5.41, 5.74) is 0. The molecule has 2 nitrogen and oxygen atoms in total. The van der Waals surface area contributed by atoms with E-state index < -0.39 is 0 Å². The summed E-state index contributed by atoms with van der Waals surface area (Å²) in [6.45, 7) is 3.82. The molecule has 0 radical (unpaired) electrons. The van der Waals surface area contributed by atoms with Gasteiger partial charge in [0.25, 0.3) is 0 Å². The molecule has 12 heavy (non-hydrogen) atoms. The molecule has 2 aliphatic rings. The van der Waals surface area contributed by atoms with Crippen LogP contribution in [0.25, 0.3) is 0 Å².